The summed E-state index contributed by atoms with van der Waals surface area (Å²) in [6.45, 7) is 4.13. The predicted molar refractivity (Wildman–Crippen MR) is 80.7 cm³/mol. The SMILES string of the molecule is CC(C)c1nc(-c2ccc(N(C)C)cc2)sc1C#N. The molecular weight excluding hydrogens is 254 g/mol. The number of anilines is 1. The van der Waals surface area contributed by atoms with Crippen molar-refractivity contribution in [1.29, 1.82) is 5.26 Å². The van der Waals surface area contributed by atoms with Gasteiger partial charge in [0.1, 0.15) is 16.0 Å². The van der Waals surface area contributed by atoms with Gasteiger partial charge in [-0.15, -0.1) is 11.3 Å². The van der Waals surface area contributed by atoms with Crippen molar-refractivity contribution in [3.05, 3.63) is 34.8 Å². The molecule has 19 heavy (non-hydrogen) atoms. The molecule has 0 saturated heterocycles. The summed E-state index contributed by atoms with van der Waals surface area (Å²) in [7, 11) is 4.03. The molecule has 0 spiro atoms. The minimum atomic E-state index is 0.278. The molecule has 98 valence electrons. The number of thiazole rings is 1. The van der Waals surface area contributed by atoms with Crippen molar-refractivity contribution in [1.82, 2.24) is 4.98 Å². The molecular formula is C15H17N3S. The maximum atomic E-state index is 9.16. The highest BCUT2D eigenvalue weighted by Gasteiger charge is 2.14. The van der Waals surface area contributed by atoms with E-state index in [1.807, 2.05) is 14.1 Å². The molecule has 1 aromatic carbocycles. The van der Waals surface area contributed by atoms with Gasteiger partial charge in [-0.1, -0.05) is 13.8 Å². The van der Waals surface area contributed by atoms with Crippen molar-refractivity contribution in [3.8, 4) is 16.6 Å². The zero-order valence-corrected chi connectivity index (χ0v) is 12.5. The van der Waals surface area contributed by atoms with Crippen LogP contribution < -0.4 is 4.90 Å². The molecule has 0 aliphatic heterocycles. The third-order valence-electron chi connectivity index (χ3n) is 2.93. The highest BCUT2D eigenvalue weighted by Crippen LogP contribution is 2.31. The Hall–Kier alpha value is -1.86. The van der Waals surface area contributed by atoms with Crippen molar-refractivity contribution < 1.29 is 0 Å². The van der Waals surface area contributed by atoms with Gasteiger partial charge in [-0.05, 0) is 30.2 Å². The van der Waals surface area contributed by atoms with Crippen molar-refractivity contribution in [2.45, 2.75) is 19.8 Å². The molecule has 0 atom stereocenters. The number of nitrogens with zero attached hydrogens (tertiary/aromatic N) is 3. The zero-order chi connectivity index (χ0) is 14.0. The Morgan fingerprint density at radius 1 is 1.21 bits per heavy atom. The third kappa shape index (κ3) is 2.77. The molecule has 0 N–H and O–H groups in total. The quantitative estimate of drug-likeness (QED) is 0.850. The molecule has 0 unspecified atom stereocenters. The van der Waals surface area contributed by atoms with Gasteiger partial charge in [0, 0.05) is 25.3 Å². The third-order valence-corrected chi connectivity index (χ3v) is 3.96. The number of rotatable bonds is 3. The fraction of sp³-hybridized carbons (Fsp3) is 0.333. The van der Waals surface area contributed by atoms with Crippen LogP contribution in [-0.2, 0) is 0 Å². The first-order chi connectivity index (χ1) is 9.02. The van der Waals surface area contributed by atoms with Crippen LogP contribution in [-0.4, -0.2) is 19.1 Å². The molecule has 0 fully saturated rings. The van der Waals surface area contributed by atoms with E-state index in [-0.39, 0.29) is 5.92 Å². The predicted octanol–water partition coefficient (Wildman–Crippen LogP) is 3.87. The lowest BCUT2D eigenvalue weighted by molar-refractivity contribution is 0.831. The summed E-state index contributed by atoms with van der Waals surface area (Å²) < 4.78 is 0. The Kier molecular flexibility index (Phi) is 3.87. The van der Waals surface area contributed by atoms with Gasteiger partial charge in [0.05, 0.1) is 5.69 Å². The maximum absolute atomic E-state index is 9.16. The lowest BCUT2D eigenvalue weighted by atomic mass is 10.1. The second-order valence-corrected chi connectivity index (χ2v) is 5.94. The Bertz CT molecular complexity index is 603. The Labute approximate surface area is 118 Å². The van der Waals surface area contributed by atoms with E-state index in [1.54, 1.807) is 0 Å². The van der Waals surface area contributed by atoms with Crippen LogP contribution in [0.5, 0.6) is 0 Å². The highest BCUT2D eigenvalue weighted by atomic mass is 32.1. The van der Waals surface area contributed by atoms with E-state index in [0.29, 0.717) is 0 Å². The second-order valence-electron chi connectivity index (χ2n) is 4.94. The van der Waals surface area contributed by atoms with Crippen molar-refractivity contribution in [2.75, 3.05) is 19.0 Å². The maximum Gasteiger partial charge on any atom is 0.128 e. The van der Waals surface area contributed by atoms with Gasteiger partial charge in [-0.25, -0.2) is 4.98 Å². The van der Waals surface area contributed by atoms with Crippen molar-refractivity contribution >= 4 is 17.0 Å². The molecule has 2 rings (SSSR count). The topological polar surface area (TPSA) is 39.9 Å². The molecule has 0 aliphatic rings. The molecule has 1 heterocycles. The van der Waals surface area contributed by atoms with Crippen LogP contribution in [0.15, 0.2) is 24.3 Å². The van der Waals surface area contributed by atoms with Crippen LogP contribution in [0.4, 0.5) is 5.69 Å². The minimum absolute atomic E-state index is 0.278. The standard InChI is InChI=1S/C15H17N3S/c1-10(2)14-13(9-16)19-15(17-14)11-5-7-12(8-6-11)18(3)4/h5-8,10H,1-4H3. The second kappa shape index (κ2) is 5.41. The lowest BCUT2D eigenvalue weighted by Gasteiger charge is -2.11. The van der Waals surface area contributed by atoms with E-state index in [4.69, 9.17) is 5.26 Å². The Morgan fingerprint density at radius 2 is 1.84 bits per heavy atom. The molecule has 3 nitrogen and oxygen atoms in total. The van der Waals surface area contributed by atoms with Gasteiger partial charge in [0.15, 0.2) is 0 Å². The largest absolute Gasteiger partial charge is 0.378 e. The number of benzene rings is 1. The molecule has 0 amide bonds. The van der Waals surface area contributed by atoms with E-state index >= 15 is 0 Å². The first-order valence-electron chi connectivity index (χ1n) is 6.21. The summed E-state index contributed by atoms with van der Waals surface area (Å²) in [6, 6.07) is 10.5. The molecule has 0 saturated carbocycles. The first kappa shape index (κ1) is 13.6. The van der Waals surface area contributed by atoms with Crippen molar-refractivity contribution in [3.63, 3.8) is 0 Å². The monoisotopic (exact) mass is 271 g/mol. The summed E-state index contributed by atoms with van der Waals surface area (Å²) in [5.41, 5.74) is 3.13. The summed E-state index contributed by atoms with van der Waals surface area (Å²) in [5, 5.41) is 10.1. The van der Waals surface area contributed by atoms with Crippen molar-refractivity contribution in [2.24, 2.45) is 0 Å². The molecule has 0 radical (unpaired) electrons. The summed E-state index contributed by atoms with van der Waals surface area (Å²) in [6.07, 6.45) is 0. The van der Waals surface area contributed by atoms with Crippen LogP contribution >= 0.6 is 11.3 Å². The molecule has 1 aromatic heterocycles. The van der Waals surface area contributed by atoms with E-state index in [2.05, 4.69) is 54.1 Å². The summed E-state index contributed by atoms with van der Waals surface area (Å²) in [4.78, 5) is 7.39. The minimum Gasteiger partial charge on any atom is -0.378 e. The zero-order valence-electron chi connectivity index (χ0n) is 11.6. The number of nitriles is 1. The van der Waals surface area contributed by atoms with Gasteiger partial charge in [0.25, 0.3) is 0 Å². The molecule has 0 aliphatic carbocycles. The van der Waals surface area contributed by atoms with E-state index in [9.17, 15) is 0 Å². The average molecular weight is 271 g/mol. The van der Waals surface area contributed by atoms with Crippen LogP contribution in [0.1, 0.15) is 30.3 Å². The fourth-order valence-corrected chi connectivity index (χ4v) is 2.85. The number of hydrogen-bond donors (Lipinski definition) is 0. The Balaban J connectivity index is 2.40. The van der Waals surface area contributed by atoms with Crippen LogP contribution in [0, 0.1) is 11.3 Å². The number of hydrogen-bond acceptors (Lipinski definition) is 4. The smallest absolute Gasteiger partial charge is 0.128 e. The van der Waals surface area contributed by atoms with Crippen LogP contribution in [0.25, 0.3) is 10.6 Å². The first-order valence-corrected chi connectivity index (χ1v) is 7.03. The molecule has 0 bridgehead atoms. The van der Waals surface area contributed by atoms with E-state index in [1.165, 1.54) is 11.3 Å². The number of aromatic nitrogens is 1. The van der Waals surface area contributed by atoms with Gasteiger partial charge < -0.3 is 4.90 Å². The molecule has 2 aromatic rings. The Morgan fingerprint density at radius 3 is 2.26 bits per heavy atom. The lowest BCUT2D eigenvalue weighted by Crippen LogP contribution is -2.07. The highest BCUT2D eigenvalue weighted by molar-refractivity contribution is 7.15. The summed E-state index contributed by atoms with van der Waals surface area (Å²) in [5.74, 6) is 0.278. The van der Waals surface area contributed by atoms with E-state index < -0.39 is 0 Å². The van der Waals surface area contributed by atoms with Gasteiger partial charge in [0.2, 0.25) is 0 Å². The normalized spacial score (nSPS) is 10.5. The van der Waals surface area contributed by atoms with Gasteiger partial charge in [-0.2, -0.15) is 5.26 Å². The van der Waals surface area contributed by atoms with Gasteiger partial charge in [-0.3, -0.25) is 0 Å². The van der Waals surface area contributed by atoms with Gasteiger partial charge >= 0.3 is 0 Å². The fourth-order valence-electron chi connectivity index (χ4n) is 1.83. The van der Waals surface area contributed by atoms with E-state index in [0.717, 1.165) is 26.8 Å². The van der Waals surface area contributed by atoms with Crippen LogP contribution in [0.3, 0.4) is 0 Å². The summed E-state index contributed by atoms with van der Waals surface area (Å²) >= 11 is 1.47. The van der Waals surface area contributed by atoms with Crippen LogP contribution in [0.2, 0.25) is 0 Å². The molecule has 4 heteroatoms. The average Bonchev–Trinajstić information content (AvgIpc) is 2.83.